The predicted octanol–water partition coefficient (Wildman–Crippen LogP) is 4.94. The summed E-state index contributed by atoms with van der Waals surface area (Å²) in [5, 5.41) is 10.5. The van der Waals surface area contributed by atoms with Crippen LogP contribution in [-0.2, 0) is 13.0 Å². The Labute approximate surface area is 212 Å². The summed E-state index contributed by atoms with van der Waals surface area (Å²) in [5.74, 6) is 0.791. The third kappa shape index (κ3) is 4.55. The van der Waals surface area contributed by atoms with Crippen molar-refractivity contribution in [3.8, 4) is 23.3 Å². The fraction of sp³-hybridized carbons (Fsp3) is 0.231. The Hall–Kier alpha value is -3.60. The second kappa shape index (κ2) is 9.95. The Balaban J connectivity index is 1.78. The Morgan fingerprint density at radius 3 is 2.49 bits per heavy atom. The fourth-order valence-corrected chi connectivity index (χ4v) is 4.57. The number of halogens is 2. The van der Waals surface area contributed by atoms with Gasteiger partial charge in [-0.25, -0.2) is 0 Å². The molecule has 0 spiro atoms. The van der Waals surface area contributed by atoms with Crippen molar-refractivity contribution in [3.63, 3.8) is 0 Å². The Kier molecular flexibility index (Phi) is 6.97. The Morgan fingerprint density at radius 2 is 1.83 bits per heavy atom. The fourth-order valence-electron chi connectivity index (χ4n) is 4.27. The molecule has 2 N–H and O–H groups in total. The lowest BCUT2D eigenvalue weighted by molar-refractivity contribution is 0.354. The highest BCUT2D eigenvalue weighted by molar-refractivity contribution is 6.42. The molecule has 1 unspecified atom stereocenters. The van der Waals surface area contributed by atoms with Gasteiger partial charge in [-0.3, -0.25) is 4.79 Å². The van der Waals surface area contributed by atoms with Crippen molar-refractivity contribution in [1.82, 2.24) is 4.57 Å². The molecule has 0 fully saturated rings. The van der Waals surface area contributed by atoms with Crippen molar-refractivity contribution in [1.29, 1.82) is 5.26 Å². The molecule has 180 valence electrons. The number of nitrogens with zero attached hydrogens (tertiary/aromatic N) is 2. The van der Waals surface area contributed by atoms with Gasteiger partial charge in [-0.15, -0.1) is 0 Å². The standard InChI is InChI=1S/C26H23Cl2N3O4/c1-14-10-22-24(23(17(13-29)25(30)35-22)16-5-6-18(27)19(28)12-16)26(32)31(14)9-8-15-4-7-20(33-2)21(11-15)34-3/h4-7,10-12,23H,8-9,30H2,1-3H3. The maximum absolute atomic E-state index is 13.8. The molecule has 0 saturated carbocycles. The normalized spacial score (nSPS) is 14.7. The van der Waals surface area contributed by atoms with Gasteiger partial charge in [0.2, 0.25) is 5.88 Å². The van der Waals surface area contributed by atoms with Gasteiger partial charge in [-0.1, -0.05) is 35.3 Å². The van der Waals surface area contributed by atoms with Gasteiger partial charge in [0.25, 0.3) is 5.56 Å². The molecular weight excluding hydrogens is 489 g/mol. The summed E-state index contributed by atoms with van der Waals surface area (Å²) in [4.78, 5) is 13.8. The lowest BCUT2D eigenvalue weighted by Gasteiger charge is -2.27. The highest BCUT2D eigenvalue weighted by Gasteiger charge is 2.34. The van der Waals surface area contributed by atoms with Gasteiger partial charge in [0, 0.05) is 18.3 Å². The minimum absolute atomic E-state index is 0.0436. The molecule has 35 heavy (non-hydrogen) atoms. The minimum atomic E-state index is -0.737. The number of hydrogen-bond donors (Lipinski definition) is 1. The highest BCUT2D eigenvalue weighted by Crippen LogP contribution is 2.41. The molecule has 1 aromatic heterocycles. The second-order valence-electron chi connectivity index (χ2n) is 8.06. The molecule has 7 nitrogen and oxygen atoms in total. The van der Waals surface area contributed by atoms with Crippen LogP contribution in [0.25, 0.3) is 0 Å². The first kappa shape index (κ1) is 24.5. The van der Waals surface area contributed by atoms with E-state index >= 15 is 0 Å². The van der Waals surface area contributed by atoms with Gasteiger partial charge in [-0.05, 0) is 48.7 Å². The third-order valence-electron chi connectivity index (χ3n) is 6.04. The van der Waals surface area contributed by atoms with Crippen molar-refractivity contribution in [2.24, 2.45) is 5.73 Å². The van der Waals surface area contributed by atoms with Crippen LogP contribution < -0.4 is 25.5 Å². The van der Waals surface area contributed by atoms with E-state index in [1.807, 2.05) is 25.1 Å². The van der Waals surface area contributed by atoms with Crippen molar-refractivity contribution in [2.75, 3.05) is 14.2 Å². The number of aromatic nitrogens is 1. The van der Waals surface area contributed by atoms with Crippen LogP contribution in [0.3, 0.4) is 0 Å². The summed E-state index contributed by atoms with van der Waals surface area (Å²) < 4.78 is 18.1. The van der Waals surface area contributed by atoms with Crippen LogP contribution in [0, 0.1) is 18.3 Å². The van der Waals surface area contributed by atoms with E-state index in [2.05, 4.69) is 6.07 Å². The molecule has 4 rings (SSSR count). The number of allylic oxidation sites excluding steroid dienone is 1. The number of hydrogen-bond acceptors (Lipinski definition) is 6. The van der Waals surface area contributed by atoms with E-state index in [9.17, 15) is 10.1 Å². The van der Waals surface area contributed by atoms with Gasteiger partial charge in [0.15, 0.2) is 11.5 Å². The van der Waals surface area contributed by atoms with Crippen molar-refractivity contribution >= 4 is 23.2 Å². The highest BCUT2D eigenvalue weighted by atomic mass is 35.5. The number of nitriles is 1. The minimum Gasteiger partial charge on any atom is -0.493 e. The van der Waals surface area contributed by atoms with Crippen LogP contribution in [0.15, 0.2) is 58.7 Å². The lowest BCUT2D eigenvalue weighted by atomic mass is 9.84. The SMILES string of the molecule is COc1ccc(CCn2c(C)cc3c(c2=O)C(c2ccc(Cl)c(Cl)c2)C(C#N)=C(N)O3)cc1OC. The summed E-state index contributed by atoms with van der Waals surface area (Å²) in [6, 6.07) is 14.5. The molecule has 0 saturated heterocycles. The number of fused-ring (bicyclic) bond motifs is 1. The number of nitrogens with two attached hydrogens (primary N) is 1. The molecule has 9 heteroatoms. The maximum atomic E-state index is 13.8. The van der Waals surface area contributed by atoms with Crippen LogP contribution in [0.4, 0.5) is 0 Å². The summed E-state index contributed by atoms with van der Waals surface area (Å²) in [6.45, 7) is 2.23. The average Bonchev–Trinajstić information content (AvgIpc) is 2.84. The molecule has 1 aliphatic rings. The smallest absolute Gasteiger partial charge is 0.258 e. The molecule has 1 aliphatic heterocycles. The number of benzene rings is 2. The van der Waals surface area contributed by atoms with Crippen LogP contribution in [0.5, 0.6) is 17.2 Å². The van der Waals surface area contributed by atoms with Gasteiger partial charge in [0.05, 0.1) is 35.7 Å². The van der Waals surface area contributed by atoms with E-state index in [0.29, 0.717) is 57.1 Å². The van der Waals surface area contributed by atoms with Gasteiger partial charge < -0.3 is 24.5 Å². The third-order valence-corrected chi connectivity index (χ3v) is 6.78. The van der Waals surface area contributed by atoms with Crippen LogP contribution in [-0.4, -0.2) is 18.8 Å². The molecule has 2 heterocycles. The monoisotopic (exact) mass is 511 g/mol. The van der Waals surface area contributed by atoms with Crippen molar-refractivity contribution in [3.05, 3.63) is 96.7 Å². The molecular formula is C26H23Cl2N3O4. The summed E-state index contributed by atoms with van der Waals surface area (Å²) in [6.07, 6.45) is 0.571. The van der Waals surface area contributed by atoms with E-state index in [0.717, 1.165) is 5.56 Å². The number of pyridine rings is 1. The molecule has 3 aromatic rings. The van der Waals surface area contributed by atoms with E-state index in [4.69, 9.17) is 43.1 Å². The largest absolute Gasteiger partial charge is 0.493 e. The van der Waals surface area contributed by atoms with Crippen molar-refractivity contribution in [2.45, 2.75) is 25.8 Å². The number of rotatable bonds is 6. The maximum Gasteiger partial charge on any atom is 0.258 e. The Bertz CT molecular complexity index is 1440. The van der Waals surface area contributed by atoms with E-state index < -0.39 is 5.92 Å². The zero-order chi connectivity index (χ0) is 25.3. The van der Waals surface area contributed by atoms with Crippen LogP contribution in [0.1, 0.15) is 28.3 Å². The zero-order valence-corrected chi connectivity index (χ0v) is 20.9. The van der Waals surface area contributed by atoms with Crippen LogP contribution in [0.2, 0.25) is 10.0 Å². The van der Waals surface area contributed by atoms with Crippen molar-refractivity contribution < 1.29 is 14.2 Å². The summed E-state index contributed by atoms with van der Waals surface area (Å²) in [5.41, 5.74) is 8.57. The quantitative estimate of drug-likeness (QED) is 0.502. The average molecular weight is 512 g/mol. The zero-order valence-electron chi connectivity index (χ0n) is 19.4. The summed E-state index contributed by atoms with van der Waals surface area (Å²) in [7, 11) is 3.16. The summed E-state index contributed by atoms with van der Waals surface area (Å²) >= 11 is 12.3. The number of methoxy groups -OCH3 is 2. The molecule has 0 bridgehead atoms. The molecule has 0 aliphatic carbocycles. The Morgan fingerprint density at radius 1 is 1.09 bits per heavy atom. The second-order valence-corrected chi connectivity index (χ2v) is 8.87. The number of aryl methyl sites for hydroxylation is 2. The molecule has 0 radical (unpaired) electrons. The topological polar surface area (TPSA) is 99.5 Å². The van der Waals surface area contributed by atoms with Gasteiger partial charge in [0.1, 0.15) is 17.4 Å². The van der Waals surface area contributed by atoms with Gasteiger partial charge in [-0.2, -0.15) is 5.26 Å². The first-order chi connectivity index (χ1) is 16.8. The first-order valence-electron chi connectivity index (χ1n) is 10.8. The first-order valence-corrected chi connectivity index (χ1v) is 11.5. The lowest BCUT2D eigenvalue weighted by Crippen LogP contribution is -2.33. The van der Waals surface area contributed by atoms with E-state index in [1.165, 1.54) is 0 Å². The van der Waals surface area contributed by atoms with E-state index in [1.54, 1.807) is 43.1 Å². The molecule has 2 aromatic carbocycles. The van der Waals surface area contributed by atoms with Crippen LogP contribution >= 0.6 is 23.2 Å². The molecule has 1 atom stereocenters. The number of ether oxygens (including phenoxy) is 3. The molecule has 0 amide bonds. The van der Waals surface area contributed by atoms with Gasteiger partial charge >= 0.3 is 0 Å². The van der Waals surface area contributed by atoms with E-state index in [-0.39, 0.29) is 17.0 Å². The predicted molar refractivity (Wildman–Crippen MR) is 134 cm³/mol.